The van der Waals surface area contributed by atoms with E-state index in [1.165, 1.54) is 0 Å². The van der Waals surface area contributed by atoms with E-state index >= 15 is 0 Å². The SMILES string of the molecule is O=C(O)c1[nH]n(-c2ccc(S(=O)(=O)[O-])cc2)c(=O)c1N=Nc1ccc(S(=O)(=O)[O-])cc1.[K+].[Na+]. The van der Waals surface area contributed by atoms with Crippen LogP contribution in [0.25, 0.3) is 5.69 Å². The zero-order valence-electron chi connectivity index (χ0n) is 17.0. The number of carboxylic acid groups (broad SMARTS) is 1. The van der Waals surface area contributed by atoms with Gasteiger partial charge in [0, 0.05) is 0 Å². The molecule has 0 saturated carbocycles. The van der Waals surface area contributed by atoms with E-state index in [1.54, 1.807) is 0 Å². The zero-order chi connectivity index (χ0) is 23.0. The van der Waals surface area contributed by atoms with Crippen molar-refractivity contribution in [3.05, 3.63) is 64.6 Å². The van der Waals surface area contributed by atoms with E-state index in [0.717, 1.165) is 53.2 Å². The van der Waals surface area contributed by atoms with Crippen LogP contribution in [0.15, 0.2) is 73.3 Å². The fourth-order valence-electron chi connectivity index (χ4n) is 2.40. The maximum absolute atomic E-state index is 12.6. The molecule has 1 heterocycles. The van der Waals surface area contributed by atoms with Gasteiger partial charge in [-0.1, -0.05) is 0 Å². The Hall–Kier alpha value is -1.02. The Morgan fingerprint density at radius 2 is 1.33 bits per heavy atom. The molecule has 0 spiro atoms. The van der Waals surface area contributed by atoms with E-state index in [4.69, 9.17) is 0 Å². The van der Waals surface area contributed by atoms with E-state index in [-0.39, 0.29) is 92.3 Å². The maximum atomic E-state index is 12.6. The number of hydrogen-bond acceptors (Lipinski definition) is 10. The molecule has 2 aromatic carbocycles. The molecule has 2 N–H and O–H groups in total. The van der Waals surface area contributed by atoms with Crippen LogP contribution in [-0.4, -0.2) is 46.8 Å². The van der Waals surface area contributed by atoms with Gasteiger partial charge in [-0.2, -0.15) is 5.11 Å². The van der Waals surface area contributed by atoms with Crippen molar-refractivity contribution in [2.45, 2.75) is 9.79 Å². The molecule has 0 unspecified atom stereocenters. The Bertz CT molecular complexity index is 1460. The molecule has 162 valence electrons. The minimum Gasteiger partial charge on any atom is -0.744 e. The molecule has 0 fully saturated rings. The van der Waals surface area contributed by atoms with Gasteiger partial charge < -0.3 is 14.2 Å². The summed E-state index contributed by atoms with van der Waals surface area (Å²) in [4.78, 5) is 23.0. The number of nitrogens with zero attached hydrogens (tertiary/aromatic N) is 3. The Kier molecular flexibility index (Phi) is 10.6. The molecule has 0 bridgehead atoms. The van der Waals surface area contributed by atoms with Gasteiger partial charge in [0.1, 0.15) is 20.2 Å². The number of carbonyl (C=O) groups is 1. The van der Waals surface area contributed by atoms with Crippen LogP contribution in [0.4, 0.5) is 11.4 Å². The van der Waals surface area contributed by atoms with Crippen molar-refractivity contribution in [1.29, 1.82) is 0 Å². The fourth-order valence-corrected chi connectivity index (χ4v) is 3.34. The first-order valence-electron chi connectivity index (χ1n) is 8.00. The Morgan fingerprint density at radius 3 is 1.76 bits per heavy atom. The van der Waals surface area contributed by atoms with Crippen molar-refractivity contribution in [2.24, 2.45) is 10.2 Å². The fraction of sp³-hybridized carbons (Fsp3) is 0. The van der Waals surface area contributed by atoms with Crippen molar-refractivity contribution >= 4 is 37.6 Å². The molecule has 0 radical (unpaired) electrons. The van der Waals surface area contributed by atoms with Crippen LogP contribution in [0.1, 0.15) is 10.5 Å². The van der Waals surface area contributed by atoms with Gasteiger partial charge in [0.05, 0.1) is 21.2 Å². The largest absolute Gasteiger partial charge is 1.00 e. The Labute approximate surface area is 251 Å². The van der Waals surface area contributed by atoms with Crippen LogP contribution in [0.3, 0.4) is 0 Å². The van der Waals surface area contributed by atoms with Crippen molar-refractivity contribution in [2.75, 3.05) is 0 Å². The number of aromatic nitrogens is 2. The average Bonchev–Trinajstić information content (AvgIpc) is 3.02. The Balaban J connectivity index is 0.00000272. The second kappa shape index (κ2) is 11.6. The molecule has 0 aliphatic carbocycles. The summed E-state index contributed by atoms with van der Waals surface area (Å²) < 4.78 is 66.5. The van der Waals surface area contributed by atoms with Crippen molar-refractivity contribution in [3.63, 3.8) is 0 Å². The summed E-state index contributed by atoms with van der Waals surface area (Å²) in [6.07, 6.45) is 0. The summed E-state index contributed by atoms with van der Waals surface area (Å²) in [6, 6.07) is 8.29. The number of aromatic carboxylic acids is 1. The third kappa shape index (κ3) is 7.23. The van der Waals surface area contributed by atoms with Gasteiger partial charge in [0.25, 0.3) is 5.56 Å². The number of azo groups is 1. The van der Waals surface area contributed by atoms with Crippen molar-refractivity contribution < 1.29 is 117 Å². The predicted molar refractivity (Wildman–Crippen MR) is 99.9 cm³/mol. The van der Waals surface area contributed by atoms with E-state index in [1.807, 2.05) is 0 Å². The van der Waals surface area contributed by atoms with Gasteiger partial charge in [-0.25, -0.2) is 26.3 Å². The molecular weight excluding hydrogens is 518 g/mol. The first-order valence-corrected chi connectivity index (χ1v) is 10.8. The minimum absolute atomic E-state index is 0. The number of carboxylic acids is 1. The quantitative estimate of drug-likeness (QED) is 0.178. The van der Waals surface area contributed by atoms with Crippen LogP contribution >= 0.6 is 0 Å². The first-order chi connectivity index (χ1) is 14.4. The number of aromatic amines is 1. The standard InChI is InChI=1S/C16H12N4O9S2.K.Na/c21-15-13(18-17-9-1-5-11(6-2-9)30(24,25)26)14(16(22)23)19-20(15)10-3-7-12(8-4-10)31(27,28)29;;/h1-8,19H,(H,22,23)(H,24,25,26)(H,27,28,29);;/q;2*+1/p-2. The van der Waals surface area contributed by atoms with Gasteiger partial charge in [0.15, 0.2) is 11.4 Å². The minimum atomic E-state index is -4.71. The third-order valence-corrected chi connectivity index (χ3v) is 5.55. The van der Waals surface area contributed by atoms with Gasteiger partial charge in [-0.15, -0.1) is 5.11 Å². The molecule has 0 atom stereocenters. The molecule has 3 rings (SSSR count). The molecule has 0 saturated heterocycles. The molecule has 17 heteroatoms. The van der Waals surface area contributed by atoms with Gasteiger partial charge >= 0.3 is 86.9 Å². The molecule has 3 aromatic rings. The number of benzene rings is 2. The average molecular weight is 528 g/mol. The molecule has 0 aliphatic heterocycles. The van der Waals surface area contributed by atoms with Crippen molar-refractivity contribution in [3.8, 4) is 5.69 Å². The smallest absolute Gasteiger partial charge is 0.744 e. The van der Waals surface area contributed by atoms with Crippen molar-refractivity contribution in [1.82, 2.24) is 9.78 Å². The van der Waals surface area contributed by atoms with E-state index < -0.39 is 52.9 Å². The van der Waals surface area contributed by atoms with Gasteiger partial charge in [-0.05, 0) is 48.5 Å². The summed E-state index contributed by atoms with van der Waals surface area (Å²) in [6.45, 7) is 0. The summed E-state index contributed by atoms with van der Waals surface area (Å²) >= 11 is 0. The molecule has 0 aliphatic rings. The molecule has 13 nitrogen and oxygen atoms in total. The molecular formula is C16H10KN4NaO9S2. The van der Waals surface area contributed by atoms with Crippen LogP contribution in [0.5, 0.6) is 0 Å². The second-order valence-electron chi connectivity index (χ2n) is 5.88. The van der Waals surface area contributed by atoms with Gasteiger partial charge in [-0.3, -0.25) is 9.89 Å². The van der Waals surface area contributed by atoms with Crippen LogP contribution in [0.2, 0.25) is 0 Å². The maximum Gasteiger partial charge on any atom is 1.00 e. The predicted octanol–water partition coefficient (Wildman–Crippen LogP) is -4.90. The topological polar surface area (TPSA) is 214 Å². The normalized spacial score (nSPS) is 11.6. The third-order valence-electron chi connectivity index (χ3n) is 3.85. The van der Waals surface area contributed by atoms with Crippen LogP contribution in [0, 0.1) is 0 Å². The molecule has 0 amide bonds. The summed E-state index contributed by atoms with van der Waals surface area (Å²) in [5.74, 6) is -1.55. The first kappa shape index (κ1) is 30.0. The zero-order valence-corrected chi connectivity index (χ0v) is 23.7. The second-order valence-corrected chi connectivity index (χ2v) is 8.64. The molecule has 33 heavy (non-hydrogen) atoms. The summed E-state index contributed by atoms with van der Waals surface area (Å²) in [7, 11) is -9.38. The van der Waals surface area contributed by atoms with E-state index in [9.17, 15) is 40.6 Å². The number of nitrogens with one attached hydrogen (secondary N) is 1. The Morgan fingerprint density at radius 1 is 0.879 bits per heavy atom. The van der Waals surface area contributed by atoms with Gasteiger partial charge in [0.2, 0.25) is 0 Å². The number of H-pyrrole nitrogens is 1. The molecule has 1 aromatic heterocycles. The summed E-state index contributed by atoms with van der Waals surface area (Å²) in [5, 5.41) is 18.9. The number of rotatable bonds is 6. The monoisotopic (exact) mass is 528 g/mol. The summed E-state index contributed by atoms with van der Waals surface area (Å²) in [5.41, 5.74) is -2.13. The van der Waals surface area contributed by atoms with E-state index in [0.29, 0.717) is 0 Å². The van der Waals surface area contributed by atoms with Crippen LogP contribution < -0.4 is 86.5 Å². The van der Waals surface area contributed by atoms with E-state index in [2.05, 4.69) is 15.3 Å². The van der Waals surface area contributed by atoms with Crippen LogP contribution in [-0.2, 0) is 20.2 Å². The number of hydrogen-bond donors (Lipinski definition) is 2.